The lowest BCUT2D eigenvalue weighted by molar-refractivity contribution is -0.124. The minimum atomic E-state index is -0.590. The summed E-state index contributed by atoms with van der Waals surface area (Å²) in [6, 6.07) is 4.75. The molecule has 1 rings (SSSR count). The van der Waals surface area contributed by atoms with Crippen LogP contribution in [0, 0.1) is 0 Å². The average molecular weight is 351 g/mol. The van der Waals surface area contributed by atoms with Crippen molar-refractivity contribution in [3.05, 3.63) is 23.8 Å². The minimum absolute atomic E-state index is 0. The van der Waals surface area contributed by atoms with Crippen molar-refractivity contribution < 1.29 is 23.5 Å². The number of benzene rings is 1. The fourth-order valence-electron chi connectivity index (χ4n) is 1.61. The van der Waals surface area contributed by atoms with Gasteiger partial charge in [0, 0.05) is 0 Å². The second-order valence-electron chi connectivity index (χ2n) is 6.08. The molecule has 0 aliphatic carbocycles. The Morgan fingerprint density at radius 2 is 1.83 bits per heavy atom. The van der Waals surface area contributed by atoms with Crippen LogP contribution >= 0.6 is 0 Å². The van der Waals surface area contributed by atoms with E-state index in [0.717, 1.165) is 0 Å². The van der Waals surface area contributed by atoms with Crippen molar-refractivity contribution in [2.75, 3.05) is 12.4 Å². The summed E-state index contributed by atoms with van der Waals surface area (Å²) in [5, 5.41) is 2.54. The van der Waals surface area contributed by atoms with Gasteiger partial charge in [-0.25, -0.2) is 4.79 Å². The maximum atomic E-state index is 11.9. The average Bonchev–Trinajstić information content (AvgIpc) is 2.43. The molecule has 0 bridgehead atoms. The lowest BCUT2D eigenvalue weighted by atomic mass is 10.1. The van der Waals surface area contributed by atoms with Gasteiger partial charge in [0.15, 0.2) is 0 Å². The zero-order valence-corrected chi connectivity index (χ0v) is 15.0. The number of amides is 1. The topological polar surface area (TPSA) is 81.7 Å². The van der Waals surface area contributed by atoms with Crippen LogP contribution in [0.3, 0.4) is 0 Å². The second kappa shape index (κ2) is 9.22. The summed E-state index contributed by atoms with van der Waals surface area (Å²) in [4.78, 5) is 34.6. The van der Waals surface area contributed by atoms with E-state index in [-0.39, 0.29) is 45.7 Å². The fourth-order valence-corrected chi connectivity index (χ4v) is 2.16. The summed E-state index contributed by atoms with van der Waals surface area (Å²) >= 11 is 0. The SMILES string of the molecule is C.COC(=O)c1cc(O[Si]C(C)(C)C)ccc1NC(=O)CC(C)=O. The van der Waals surface area contributed by atoms with E-state index in [9.17, 15) is 14.4 Å². The van der Waals surface area contributed by atoms with E-state index in [1.165, 1.54) is 20.1 Å². The lowest BCUT2D eigenvalue weighted by Crippen LogP contribution is -2.18. The molecule has 0 aromatic heterocycles. The first kappa shape index (κ1) is 21.8. The van der Waals surface area contributed by atoms with Crippen molar-refractivity contribution in [2.45, 2.75) is 46.6 Å². The number of carbonyl (C=O) groups is 3. The van der Waals surface area contributed by atoms with Crippen LogP contribution in [0.4, 0.5) is 5.69 Å². The summed E-state index contributed by atoms with van der Waals surface area (Å²) < 4.78 is 10.4. The molecule has 1 aromatic rings. The first-order valence-corrected chi connectivity index (χ1v) is 7.99. The number of methoxy groups -OCH3 is 1. The van der Waals surface area contributed by atoms with E-state index in [1.54, 1.807) is 12.1 Å². The number of hydrogen-bond acceptors (Lipinski definition) is 5. The largest absolute Gasteiger partial charge is 0.540 e. The minimum Gasteiger partial charge on any atom is -0.540 e. The molecule has 0 spiro atoms. The van der Waals surface area contributed by atoms with Crippen LogP contribution in [-0.2, 0) is 14.3 Å². The highest BCUT2D eigenvalue weighted by Crippen LogP contribution is 2.26. The monoisotopic (exact) mass is 351 g/mol. The Morgan fingerprint density at radius 1 is 1.21 bits per heavy atom. The number of Topliss-reactive ketones (excluding diaryl/α,β-unsaturated/α-hetero) is 1. The van der Waals surface area contributed by atoms with Gasteiger partial charge in [0.05, 0.1) is 24.8 Å². The van der Waals surface area contributed by atoms with E-state index < -0.39 is 11.9 Å². The van der Waals surface area contributed by atoms with Gasteiger partial charge in [-0.1, -0.05) is 28.2 Å². The van der Waals surface area contributed by atoms with Crippen LogP contribution in [0.25, 0.3) is 0 Å². The molecular weight excluding hydrogens is 326 g/mol. The van der Waals surface area contributed by atoms with E-state index in [4.69, 9.17) is 9.16 Å². The Bertz CT molecular complexity index is 607. The van der Waals surface area contributed by atoms with Crippen LogP contribution in [0.1, 0.15) is 51.9 Å². The molecule has 0 aliphatic rings. The zero-order chi connectivity index (χ0) is 17.6. The molecule has 1 aromatic carbocycles. The number of ketones is 1. The lowest BCUT2D eigenvalue weighted by Gasteiger charge is -2.17. The van der Waals surface area contributed by atoms with E-state index >= 15 is 0 Å². The van der Waals surface area contributed by atoms with Crippen molar-refractivity contribution >= 4 is 33.1 Å². The zero-order valence-electron chi connectivity index (χ0n) is 14.0. The summed E-state index contributed by atoms with van der Waals surface area (Å²) in [5.74, 6) is -0.808. The molecule has 0 saturated carbocycles. The molecule has 7 heteroatoms. The third-order valence-electron chi connectivity index (χ3n) is 2.56. The van der Waals surface area contributed by atoms with Crippen LogP contribution in [0.2, 0.25) is 5.04 Å². The number of esters is 1. The van der Waals surface area contributed by atoms with Crippen LogP contribution in [0.15, 0.2) is 18.2 Å². The quantitative estimate of drug-likeness (QED) is 0.483. The molecule has 0 aliphatic heterocycles. The van der Waals surface area contributed by atoms with Gasteiger partial charge >= 0.3 is 15.7 Å². The van der Waals surface area contributed by atoms with E-state index in [0.29, 0.717) is 5.75 Å². The van der Waals surface area contributed by atoms with Gasteiger partial charge in [-0.2, -0.15) is 0 Å². The molecule has 24 heavy (non-hydrogen) atoms. The summed E-state index contributed by atoms with van der Waals surface area (Å²) in [5.41, 5.74) is 0.468. The summed E-state index contributed by atoms with van der Waals surface area (Å²) in [6.07, 6.45) is -0.246. The maximum Gasteiger partial charge on any atom is 0.340 e. The van der Waals surface area contributed by atoms with Crippen molar-refractivity contribution in [2.24, 2.45) is 0 Å². The molecule has 0 fully saturated rings. The number of carbonyl (C=O) groups excluding carboxylic acids is 3. The predicted octanol–water partition coefficient (Wildman–Crippen LogP) is 3.24. The van der Waals surface area contributed by atoms with Gasteiger partial charge in [0.25, 0.3) is 0 Å². The Kier molecular flexibility index (Phi) is 8.39. The Labute approximate surface area is 145 Å². The number of nitrogens with one attached hydrogen (secondary N) is 1. The molecule has 2 radical (unpaired) electrons. The third-order valence-corrected chi connectivity index (χ3v) is 3.51. The smallest absolute Gasteiger partial charge is 0.340 e. The van der Waals surface area contributed by atoms with Gasteiger partial charge in [0.2, 0.25) is 5.91 Å². The van der Waals surface area contributed by atoms with Crippen molar-refractivity contribution in [3.8, 4) is 5.75 Å². The normalized spacial score (nSPS) is 10.4. The van der Waals surface area contributed by atoms with Crippen LogP contribution in [0.5, 0.6) is 5.75 Å². The van der Waals surface area contributed by atoms with E-state index in [2.05, 4.69) is 5.32 Å². The number of hydrogen-bond donors (Lipinski definition) is 1. The standard InChI is InChI=1S/C16H21NO5Si.CH4/c1-10(18)8-14(19)17-13-7-6-11(22-23-16(2,3)4)9-12(13)15(20)21-5;/h6-7,9H,8H2,1-5H3,(H,17,19);1H4. The second-order valence-corrected chi connectivity index (χ2v) is 7.99. The molecule has 1 amide bonds. The highest BCUT2D eigenvalue weighted by Gasteiger charge is 2.18. The first-order valence-electron chi connectivity index (χ1n) is 7.08. The van der Waals surface area contributed by atoms with Gasteiger partial charge in [-0.15, -0.1) is 0 Å². The van der Waals surface area contributed by atoms with Crippen LogP contribution < -0.4 is 9.74 Å². The van der Waals surface area contributed by atoms with E-state index in [1.807, 2.05) is 20.8 Å². The van der Waals surface area contributed by atoms with Gasteiger partial charge in [0.1, 0.15) is 11.5 Å². The van der Waals surface area contributed by atoms with Gasteiger partial charge in [-0.05, 0) is 30.2 Å². The third kappa shape index (κ3) is 7.41. The van der Waals surface area contributed by atoms with Crippen molar-refractivity contribution in [3.63, 3.8) is 0 Å². The number of anilines is 1. The maximum absolute atomic E-state index is 11.9. The fraction of sp³-hybridized carbons (Fsp3) is 0.471. The van der Waals surface area contributed by atoms with Crippen molar-refractivity contribution in [1.29, 1.82) is 0 Å². The Hall–Kier alpha value is -2.15. The summed E-state index contributed by atoms with van der Waals surface area (Å²) in [6.45, 7) is 7.46. The molecule has 0 saturated heterocycles. The molecular formula is C17H25NO5Si. The molecule has 0 atom stereocenters. The van der Waals surface area contributed by atoms with Gasteiger partial charge in [-0.3, -0.25) is 9.59 Å². The highest BCUT2D eigenvalue weighted by atomic mass is 28.2. The van der Waals surface area contributed by atoms with Crippen LogP contribution in [-0.4, -0.2) is 34.5 Å². The Balaban J connectivity index is 0.00000529. The molecule has 0 heterocycles. The van der Waals surface area contributed by atoms with Crippen molar-refractivity contribution in [1.82, 2.24) is 0 Å². The summed E-state index contributed by atoms with van der Waals surface area (Å²) in [7, 11) is 1.47. The first-order chi connectivity index (χ1) is 10.6. The predicted molar refractivity (Wildman–Crippen MR) is 94.5 cm³/mol. The molecule has 6 nitrogen and oxygen atoms in total. The molecule has 132 valence electrons. The number of rotatable bonds is 6. The Morgan fingerprint density at radius 3 is 2.33 bits per heavy atom. The number of ether oxygens (including phenoxy) is 1. The molecule has 1 N–H and O–H groups in total. The highest BCUT2D eigenvalue weighted by molar-refractivity contribution is 6.32. The van der Waals surface area contributed by atoms with Gasteiger partial charge < -0.3 is 14.5 Å². The molecule has 0 unspecified atom stereocenters.